The molecule has 0 aliphatic heterocycles. The van der Waals surface area contributed by atoms with Crippen LogP contribution in [-0.4, -0.2) is 17.6 Å². The minimum Gasteiger partial charge on any atom is -0.409 e. The summed E-state index contributed by atoms with van der Waals surface area (Å²) in [4.78, 5) is 0. The summed E-state index contributed by atoms with van der Waals surface area (Å²) in [6.07, 6.45) is 0.255. The number of hydrogen-bond donors (Lipinski definition) is 3. The zero-order chi connectivity index (χ0) is 12.1. The molecule has 0 radical (unpaired) electrons. The molecule has 0 saturated heterocycles. The highest BCUT2D eigenvalue weighted by Crippen LogP contribution is 2.23. The van der Waals surface area contributed by atoms with Gasteiger partial charge < -0.3 is 16.3 Å². The summed E-state index contributed by atoms with van der Waals surface area (Å²) in [7, 11) is 0. The van der Waals surface area contributed by atoms with Gasteiger partial charge in [0.25, 0.3) is 0 Å². The first-order valence-electron chi connectivity index (χ1n) is 4.39. The minimum absolute atomic E-state index is 0.0362. The Balaban J connectivity index is 2.64. The van der Waals surface area contributed by atoms with Crippen molar-refractivity contribution < 1.29 is 14.0 Å². The number of rotatable bonds is 4. The summed E-state index contributed by atoms with van der Waals surface area (Å²) < 4.78 is 26.2. The molecule has 88 valence electrons. The van der Waals surface area contributed by atoms with E-state index in [9.17, 15) is 8.78 Å². The van der Waals surface area contributed by atoms with Crippen molar-refractivity contribution >= 4 is 27.5 Å². The van der Waals surface area contributed by atoms with Crippen molar-refractivity contribution in [1.29, 1.82) is 0 Å². The summed E-state index contributed by atoms with van der Waals surface area (Å²) in [5, 5.41) is 13.7. The Morgan fingerprint density at radius 3 is 2.75 bits per heavy atom. The molecule has 0 aliphatic rings. The van der Waals surface area contributed by atoms with Crippen molar-refractivity contribution in [2.24, 2.45) is 10.9 Å². The molecule has 7 heteroatoms. The van der Waals surface area contributed by atoms with Crippen LogP contribution in [0.5, 0.6) is 0 Å². The molecule has 0 atom stereocenters. The van der Waals surface area contributed by atoms with Crippen molar-refractivity contribution in [3.05, 3.63) is 28.2 Å². The summed E-state index contributed by atoms with van der Waals surface area (Å²) in [6.45, 7) is 0.283. The predicted octanol–water partition coefficient (Wildman–Crippen LogP) is 2.28. The van der Waals surface area contributed by atoms with Gasteiger partial charge in [-0.2, -0.15) is 0 Å². The Bertz CT molecular complexity index is 412. The predicted molar refractivity (Wildman–Crippen MR) is 60.6 cm³/mol. The maximum atomic E-state index is 13.2. The first-order valence-corrected chi connectivity index (χ1v) is 5.18. The lowest BCUT2D eigenvalue weighted by Crippen LogP contribution is -2.17. The summed E-state index contributed by atoms with van der Waals surface area (Å²) in [6, 6.07) is 2.06. The van der Waals surface area contributed by atoms with Crippen LogP contribution in [0.1, 0.15) is 6.42 Å². The molecule has 0 fully saturated rings. The van der Waals surface area contributed by atoms with Crippen molar-refractivity contribution in [1.82, 2.24) is 0 Å². The number of anilines is 1. The topological polar surface area (TPSA) is 70.6 Å². The van der Waals surface area contributed by atoms with Crippen LogP contribution >= 0.6 is 15.9 Å². The highest BCUT2D eigenvalue weighted by Gasteiger charge is 2.07. The molecule has 0 amide bonds. The van der Waals surface area contributed by atoms with E-state index in [1.807, 2.05) is 0 Å². The zero-order valence-electron chi connectivity index (χ0n) is 8.17. The summed E-state index contributed by atoms with van der Waals surface area (Å²) in [5.74, 6) is -1.33. The fraction of sp³-hybridized carbons (Fsp3) is 0.222. The molecule has 0 saturated carbocycles. The zero-order valence-corrected chi connectivity index (χ0v) is 9.76. The van der Waals surface area contributed by atoms with Crippen LogP contribution in [0, 0.1) is 11.6 Å². The maximum absolute atomic E-state index is 13.2. The van der Waals surface area contributed by atoms with Gasteiger partial charge in [-0.25, -0.2) is 8.78 Å². The normalized spacial score (nSPS) is 11.6. The highest BCUT2D eigenvalue weighted by molar-refractivity contribution is 9.10. The van der Waals surface area contributed by atoms with E-state index in [1.54, 1.807) is 0 Å². The minimum atomic E-state index is -0.694. The molecule has 4 N–H and O–H groups in total. The lowest BCUT2D eigenvalue weighted by atomic mass is 10.3. The van der Waals surface area contributed by atoms with Crippen LogP contribution in [0.3, 0.4) is 0 Å². The fourth-order valence-corrected chi connectivity index (χ4v) is 1.38. The second-order valence-corrected chi connectivity index (χ2v) is 3.87. The fourth-order valence-electron chi connectivity index (χ4n) is 1.03. The first kappa shape index (κ1) is 12.7. The van der Waals surface area contributed by atoms with Crippen LogP contribution in [0.2, 0.25) is 0 Å². The number of hydrogen-bond acceptors (Lipinski definition) is 3. The van der Waals surface area contributed by atoms with E-state index in [4.69, 9.17) is 10.9 Å². The molecule has 0 spiro atoms. The van der Waals surface area contributed by atoms with E-state index in [0.717, 1.165) is 6.07 Å². The van der Waals surface area contributed by atoms with E-state index < -0.39 is 11.6 Å². The maximum Gasteiger partial charge on any atom is 0.149 e. The molecule has 1 aromatic rings. The first-order chi connectivity index (χ1) is 7.54. The lowest BCUT2D eigenvalue weighted by Gasteiger charge is -2.07. The van der Waals surface area contributed by atoms with Crippen molar-refractivity contribution in [2.75, 3.05) is 11.9 Å². The van der Waals surface area contributed by atoms with Crippen molar-refractivity contribution in [2.45, 2.75) is 6.42 Å². The third-order valence-corrected chi connectivity index (χ3v) is 2.44. The lowest BCUT2D eigenvalue weighted by molar-refractivity contribution is 0.317. The second-order valence-electron chi connectivity index (χ2n) is 3.01. The molecule has 0 aromatic heterocycles. The number of nitrogens with two attached hydrogens (primary N) is 1. The van der Waals surface area contributed by atoms with Gasteiger partial charge in [-0.05, 0) is 22.0 Å². The third-order valence-electron chi connectivity index (χ3n) is 1.84. The number of halogens is 3. The van der Waals surface area contributed by atoms with Crippen LogP contribution in [0.25, 0.3) is 0 Å². The smallest absolute Gasteiger partial charge is 0.149 e. The van der Waals surface area contributed by atoms with Crippen LogP contribution in [0.15, 0.2) is 21.8 Å². The number of nitrogens with zero attached hydrogens (tertiary/aromatic N) is 1. The Hall–Kier alpha value is -1.37. The quantitative estimate of drug-likeness (QED) is 0.262. The molecule has 0 aliphatic carbocycles. The van der Waals surface area contributed by atoms with Crippen LogP contribution in [0.4, 0.5) is 14.5 Å². The van der Waals surface area contributed by atoms with Gasteiger partial charge in [-0.1, -0.05) is 5.16 Å². The largest absolute Gasteiger partial charge is 0.409 e. The monoisotopic (exact) mass is 293 g/mol. The molecule has 0 unspecified atom stereocenters. The molecular weight excluding hydrogens is 284 g/mol. The Morgan fingerprint density at radius 1 is 1.44 bits per heavy atom. The van der Waals surface area contributed by atoms with Gasteiger partial charge in [-0.15, -0.1) is 0 Å². The Morgan fingerprint density at radius 2 is 2.12 bits per heavy atom. The standard InChI is InChI=1S/C9H10BrF2N3O/c10-5-3-8(7(12)4-6(5)11)14-2-1-9(13)15-16/h3-4,14,16H,1-2H2,(H2,13,15). The SMILES string of the molecule is N/C(CCNc1cc(Br)c(F)cc1F)=N/O. The average molecular weight is 294 g/mol. The third kappa shape index (κ3) is 3.34. The molecular formula is C9H10BrF2N3O. The Kier molecular flexibility index (Phi) is 4.48. The van der Waals surface area contributed by atoms with Gasteiger partial charge in [0.2, 0.25) is 0 Å². The van der Waals surface area contributed by atoms with Crippen molar-refractivity contribution in [3.8, 4) is 0 Å². The molecule has 1 aromatic carbocycles. The highest BCUT2D eigenvalue weighted by atomic mass is 79.9. The van der Waals surface area contributed by atoms with Gasteiger partial charge in [0.15, 0.2) is 0 Å². The van der Waals surface area contributed by atoms with E-state index in [1.165, 1.54) is 6.07 Å². The van der Waals surface area contributed by atoms with Gasteiger partial charge in [0.05, 0.1) is 10.2 Å². The number of oxime groups is 1. The van der Waals surface area contributed by atoms with Crippen molar-refractivity contribution in [3.63, 3.8) is 0 Å². The molecule has 4 nitrogen and oxygen atoms in total. The number of benzene rings is 1. The van der Waals surface area contributed by atoms with Crippen LogP contribution in [-0.2, 0) is 0 Å². The van der Waals surface area contributed by atoms with Gasteiger partial charge in [0, 0.05) is 19.0 Å². The van der Waals surface area contributed by atoms with E-state index in [2.05, 4.69) is 26.4 Å². The number of nitrogens with one attached hydrogen (secondary N) is 1. The Labute approximate surface area is 99.3 Å². The summed E-state index contributed by atoms with van der Waals surface area (Å²) >= 11 is 2.94. The molecule has 1 rings (SSSR count). The van der Waals surface area contributed by atoms with Gasteiger partial charge in [-0.3, -0.25) is 0 Å². The van der Waals surface area contributed by atoms with Gasteiger partial charge in [0.1, 0.15) is 17.5 Å². The van der Waals surface area contributed by atoms with Gasteiger partial charge >= 0.3 is 0 Å². The van der Waals surface area contributed by atoms with E-state index in [-0.39, 0.29) is 29.0 Å². The summed E-state index contributed by atoms with van der Waals surface area (Å²) in [5.41, 5.74) is 5.38. The number of amidine groups is 1. The molecule has 0 heterocycles. The van der Waals surface area contributed by atoms with E-state index >= 15 is 0 Å². The molecule has 0 bridgehead atoms. The van der Waals surface area contributed by atoms with Crippen LogP contribution < -0.4 is 11.1 Å². The average Bonchev–Trinajstić information content (AvgIpc) is 2.25. The molecule has 16 heavy (non-hydrogen) atoms. The second kappa shape index (κ2) is 5.64. The van der Waals surface area contributed by atoms with E-state index in [0.29, 0.717) is 0 Å².